The number of aryl methyl sites for hydroxylation is 1. The lowest BCUT2D eigenvalue weighted by atomic mass is 9.97. The monoisotopic (exact) mass is 339 g/mol. The number of hydrogen-bond acceptors (Lipinski definition) is 3. The molecule has 0 saturated carbocycles. The zero-order valence-corrected chi connectivity index (χ0v) is 14.4. The Labute approximate surface area is 131 Å². The van der Waals surface area contributed by atoms with Gasteiger partial charge in [0, 0.05) is 19.3 Å². The number of halogens is 1. The lowest BCUT2D eigenvalue weighted by Gasteiger charge is -2.34. The lowest BCUT2D eigenvalue weighted by Crippen LogP contribution is -2.40. The molecule has 0 aromatic carbocycles. The van der Waals surface area contributed by atoms with Crippen molar-refractivity contribution in [3.05, 3.63) is 22.3 Å². The van der Waals surface area contributed by atoms with Gasteiger partial charge >= 0.3 is 0 Å². The molecule has 2 heterocycles. The summed E-state index contributed by atoms with van der Waals surface area (Å²) in [5, 5.41) is 3.59. The molecule has 1 N–H and O–H groups in total. The van der Waals surface area contributed by atoms with E-state index in [1.54, 1.807) is 0 Å². The van der Waals surface area contributed by atoms with Crippen LogP contribution in [0.2, 0.25) is 0 Å². The van der Waals surface area contributed by atoms with Gasteiger partial charge in [-0.25, -0.2) is 4.98 Å². The third kappa shape index (κ3) is 4.45. The fraction of sp³-hybridized carbons (Fsp3) is 0.688. The van der Waals surface area contributed by atoms with E-state index in [1.165, 1.54) is 18.4 Å². The molecule has 1 aliphatic heterocycles. The molecule has 3 nitrogen and oxygen atoms in total. The first-order valence-electron chi connectivity index (χ1n) is 7.64. The van der Waals surface area contributed by atoms with Crippen molar-refractivity contribution in [1.29, 1.82) is 0 Å². The molecule has 0 spiro atoms. The van der Waals surface area contributed by atoms with Gasteiger partial charge in [-0.2, -0.15) is 0 Å². The Morgan fingerprint density at radius 1 is 1.50 bits per heavy atom. The molecule has 4 heteroatoms. The Kier molecular flexibility index (Phi) is 5.85. The molecule has 112 valence electrons. The van der Waals surface area contributed by atoms with Crippen molar-refractivity contribution in [3.63, 3.8) is 0 Å². The van der Waals surface area contributed by atoms with Crippen molar-refractivity contribution in [3.8, 4) is 0 Å². The topological polar surface area (TPSA) is 28.2 Å². The van der Waals surface area contributed by atoms with Crippen LogP contribution in [0.15, 0.2) is 16.7 Å². The second-order valence-corrected chi connectivity index (χ2v) is 7.18. The number of rotatable bonds is 5. The van der Waals surface area contributed by atoms with Gasteiger partial charge in [-0.3, -0.25) is 0 Å². The molecule has 1 saturated heterocycles. The number of anilines is 1. The van der Waals surface area contributed by atoms with Gasteiger partial charge in [-0.15, -0.1) is 0 Å². The van der Waals surface area contributed by atoms with Gasteiger partial charge in [0.15, 0.2) is 0 Å². The van der Waals surface area contributed by atoms with Gasteiger partial charge in [0.05, 0.1) is 4.47 Å². The van der Waals surface area contributed by atoms with Crippen LogP contribution in [0, 0.1) is 18.8 Å². The summed E-state index contributed by atoms with van der Waals surface area (Å²) in [6, 6.07) is 2.16. The third-order valence-electron chi connectivity index (χ3n) is 3.76. The molecular weight excluding hydrogens is 314 g/mol. The Balaban J connectivity index is 1.92. The maximum absolute atomic E-state index is 4.60. The molecule has 1 unspecified atom stereocenters. The highest BCUT2D eigenvalue weighted by Gasteiger charge is 2.22. The minimum Gasteiger partial charge on any atom is -0.355 e. The first-order chi connectivity index (χ1) is 9.56. The van der Waals surface area contributed by atoms with Gasteiger partial charge in [0.1, 0.15) is 5.82 Å². The first-order valence-corrected chi connectivity index (χ1v) is 8.43. The van der Waals surface area contributed by atoms with Gasteiger partial charge < -0.3 is 10.2 Å². The highest BCUT2D eigenvalue weighted by Crippen LogP contribution is 2.28. The second-order valence-electron chi connectivity index (χ2n) is 6.32. The summed E-state index contributed by atoms with van der Waals surface area (Å²) in [5.74, 6) is 2.56. The van der Waals surface area contributed by atoms with Crippen LogP contribution < -0.4 is 10.2 Å². The Morgan fingerprint density at radius 2 is 2.30 bits per heavy atom. The zero-order chi connectivity index (χ0) is 14.5. The highest BCUT2D eigenvalue weighted by molar-refractivity contribution is 9.10. The summed E-state index contributed by atoms with van der Waals surface area (Å²) in [5.41, 5.74) is 1.20. The van der Waals surface area contributed by atoms with Gasteiger partial charge in [-0.05, 0) is 72.3 Å². The van der Waals surface area contributed by atoms with Crippen molar-refractivity contribution in [2.75, 3.05) is 31.1 Å². The van der Waals surface area contributed by atoms with E-state index in [9.17, 15) is 0 Å². The largest absolute Gasteiger partial charge is 0.355 e. The number of aromatic nitrogens is 1. The average molecular weight is 340 g/mol. The molecule has 1 aromatic heterocycles. The van der Waals surface area contributed by atoms with Crippen molar-refractivity contribution < 1.29 is 0 Å². The summed E-state index contributed by atoms with van der Waals surface area (Å²) in [7, 11) is 0. The van der Waals surface area contributed by atoms with Crippen LogP contribution in [-0.4, -0.2) is 31.2 Å². The summed E-state index contributed by atoms with van der Waals surface area (Å²) in [6.07, 6.45) is 4.54. The number of hydrogen-bond donors (Lipinski definition) is 1. The molecule has 0 radical (unpaired) electrons. The van der Waals surface area contributed by atoms with Crippen LogP contribution in [0.3, 0.4) is 0 Å². The summed E-state index contributed by atoms with van der Waals surface area (Å²) in [6.45, 7) is 11.1. The molecule has 2 rings (SSSR count). The van der Waals surface area contributed by atoms with E-state index < -0.39 is 0 Å². The summed E-state index contributed by atoms with van der Waals surface area (Å²) >= 11 is 3.65. The quantitative estimate of drug-likeness (QED) is 0.887. The van der Waals surface area contributed by atoms with Crippen molar-refractivity contribution in [1.82, 2.24) is 10.3 Å². The maximum atomic E-state index is 4.60. The normalized spacial score (nSPS) is 19.6. The van der Waals surface area contributed by atoms with E-state index in [-0.39, 0.29) is 0 Å². The molecule has 1 aromatic rings. The van der Waals surface area contributed by atoms with E-state index >= 15 is 0 Å². The molecule has 1 fully saturated rings. The Bertz CT molecular complexity index is 434. The van der Waals surface area contributed by atoms with Gasteiger partial charge in [0.25, 0.3) is 0 Å². The number of nitrogens with zero attached hydrogens (tertiary/aromatic N) is 2. The molecule has 0 amide bonds. The third-order valence-corrected chi connectivity index (χ3v) is 4.35. The fourth-order valence-corrected chi connectivity index (χ4v) is 3.47. The molecule has 0 bridgehead atoms. The van der Waals surface area contributed by atoms with Crippen LogP contribution in [0.25, 0.3) is 0 Å². The Morgan fingerprint density at radius 3 is 3.00 bits per heavy atom. The number of piperidine rings is 1. The SMILES string of the molecule is Cc1cnc(N2CCCC(CNCC(C)C)C2)c(Br)c1. The molecule has 20 heavy (non-hydrogen) atoms. The van der Waals surface area contributed by atoms with E-state index in [4.69, 9.17) is 0 Å². The predicted octanol–water partition coefficient (Wildman–Crippen LogP) is 3.61. The van der Waals surface area contributed by atoms with Crippen molar-refractivity contribution >= 4 is 21.7 Å². The smallest absolute Gasteiger partial charge is 0.142 e. The molecule has 1 atom stereocenters. The van der Waals surface area contributed by atoms with Gasteiger partial charge in [0.2, 0.25) is 0 Å². The summed E-state index contributed by atoms with van der Waals surface area (Å²) < 4.78 is 1.12. The van der Waals surface area contributed by atoms with Crippen molar-refractivity contribution in [2.45, 2.75) is 33.6 Å². The van der Waals surface area contributed by atoms with Crippen LogP contribution >= 0.6 is 15.9 Å². The van der Waals surface area contributed by atoms with E-state index in [0.29, 0.717) is 0 Å². The summed E-state index contributed by atoms with van der Waals surface area (Å²) in [4.78, 5) is 7.03. The van der Waals surface area contributed by atoms with Gasteiger partial charge in [-0.1, -0.05) is 13.8 Å². The zero-order valence-electron chi connectivity index (χ0n) is 12.8. The fourth-order valence-electron chi connectivity index (χ4n) is 2.76. The molecule has 0 aliphatic carbocycles. The minimum atomic E-state index is 0.725. The standard InChI is InChI=1S/C16H26BrN3/c1-12(2)8-18-10-14-5-4-6-20(11-14)16-15(17)7-13(3)9-19-16/h7,9,12,14,18H,4-6,8,10-11H2,1-3H3. The van der Waals surface area contributed by atoms with E-state index in [1.807, 2.05) is 6.20 Å². The van der Waals surface area contributed by atoms with Crippen LogP contribution in [0.1, 0.15) is 32.3 Å². The second kappa shape index (κ2) is 7.41. The van der Waals surface area contributed by atoms with E-state index in [2.05, 4.69) is 58.0 Å². The first kappa shape index (κ1) is 15.8. The van der Waals surface area contributed by atoms with E-state index in [0.717, 1.165) is 48.3 Å². The van der Waals surface area contributed by atoms with Crippen LogP contribution in [0.4, 0.5) is 5.82 Å². The van der Waals surface area contributed by atoms with Crippen LogP contribution in [-0.2, 0) is 0 Å². The van der Waals surface area contributed by atoms with Crippen molar-refractivity contribution in [2.24, 2.45) is 11.8 Å². The minimum absolute atomic E-state index is 0.725. The van der Waals surface area contributed by atoms with Crippen LogP contribution in [0.5, 0.6) is 0 Å². The predicted molar refractivity (Wildman–Crippen MR) is 89.3 cm³/mol. The number of pyridine rings is 1. The molecule has 1 aliphatic rings. The number of nitrogens with one attached hydrogen (secondary N) is 1. The maximum Gasteiger partial charge on any atom is 0.142 e. The average Bonchev–Trinajstić information content (AvgIpc) is 2.38. The Hall–Kier alpha value is -0.610. The lowest BCUT2D eigenvalue weighted by molar-refractivity contribution is 0.381. The molecular formula is C16H26BrN3. The highest BCUT2D eigenvalue weighted by atomic mass is 79.9.